The second kappa shape index (κ2) is 7.26. The van der Waals surface area contributed by atoms with Gasteiger partial charge in [0.05, 0.1) is 26.3 Å². The Bertz CT molecular complexity index is 869. The number of hydrogen-bond acceptors (Lipinski definition) is 8. The van der Waals surface area contributed by atoms with E-state index in [0.717, 1.165) is 6.07 Å². The van der Waals surface area contributed by atoms with E-state index in [1.54, 1.807) is 0 Å². The summed E-state index contributed by atoms with van der Waals surface area (Å²) >= 11 is 0. The van der Waals surface area contributed by atoms with Gasteiger partial charge in [-0.3, -0.25) is 10.1 Å². The molecule has 0 fully saturated rings. The molecule has 0 radical (unpaired) electrons. The number of rotatable bonds is 7. The number of non-ortho nitro benzene ring substituents is 1. The highest BCUT2D eigenvalue weighted by Gasteiger charge is 2.22. The van der Waals surface area contributed by atoms with E-state index >= 15 is 0 Å². The molecule has 0 saturated heterocycles. The number of benzene rings is 2. The van der Waals surface area contributed by atoms with E-state index < -0.39 is 15.0 Å². The first-order chi connectivity index (χ1) is 11.8. The van der Waals surface area contributed by atoms with E-state index in [-0.39, 0.29) is 33.6 Å². The third-order valence-corrected chi connectivity index (χ3v) is 4.40. The molecule has 0 saturated carbocycles. The number of methoxy groups -OCH3 is 3. The number of ether oxygens (including phenoxy) is 3. The lowest BCUT2D eigenvalue weighted by atomic mass is 10.2. The molecule has 2 aromatic rings. The number of nitro groups is 1. The molecule has 0 N–H and O–H groups in total. The Kier molecular flexibility index (Phi) is 5.32. The molecule has 0 bridgehead atoms. The van der Waals surface area contributed by atoms with Crippen molar-refractivity contribution in [3.63, 3.8) is 0 Å². The highest BCUT2D eigenvalue weighted by atomic mass is 32.2. The van der Waals surface area contributed by atoms with Crippen LogP contribution in [0.15, 0.2) is 41.3 Å². The van der Waals surface area contributed by atoms with Crippen LogP contribution in [0.2, 0.25) is 0 Å². The molecule has 9 nitrogen and oxygen atoms in total. The van der Waals surface area contributed by atoms with Crippen molar-refractivity contribution in [1.82, 2.24) is 0 Å². The van der Waals surface area contributed by atoms with Crippen molar-refractivity contribution >= 4 is 15.8 Å². The lowest BCUT2D eigenvalue weighted by molar-refractivity contribution is -0.385. The molecule has 0 aliphatic heterocycles. The molecular formula is C15H15NO8S. The Hall–Kier alpha value is -3.01. The van der Waals surface area contributed by atoms with Crippen LogP contribution in [0, 0.1) is 10.1 Å². The third-order valence-electron chi connectivity index (χ3n) is 3.16. The zero-order chi connectivity index (χ0) is 18.6. The highest BCUT2D eigenvalue weighted by Crippen LogP contribution is 2.41. The van der Waals surface area contributed by atoms with Gasteiger partial charge in [-0.05, 0) is 6.07 Å². The van der Waals surface area contributed by atoms with Gasteiger partial charge in [-0.2, -0.15) is 8.42 Å². The minimum atomic E-state index is -4.30. The third kappa shape index (κ3) is 3.91. The lowest BCUT2D eigenvalue weighted by Gasteiger charge is -2.14. The molecule has 0 unspecified atom stereocenters. The van der Waals surface area contributed by atoms with E-state index in [1.807, 2.05) is 0 Å². The number of nitrogens with zero attached hydrogens (tertiary/aromatic N) is 1. The molecule has 134 valence electrons. The van der Waals surface area contributed by atoms with Gasteiger partial charge in [0.25, 0.3) is 5.69 Å². The summed E-state index contributed by atoms with van der Waals surface area (Å²) in [5.74, 6) is 0.572. The Morgan fingerprint density at radius 3 is 2.04 bits per heavy atom. The van der Waals surface area contributed by atoms with Crippen molar-refractivity contribution in [2.24, 2.45) is 0 Å². The summed E-state index contributed by atoms with van der Waals surface area (Å²) in [4.78, 5) is 9.75. The molecule has 2 rings (SSSR count). The van der Waals surface area contributed by atoms with Crippen LogP contribution in [0.5, 0.6) is 23.0 Å². The molecule has 10 heteroatoms. The van der Waals surface area contributed by atoms with Crippen LogP contribution >= 0.6 is 0 Å². The van der Waals surface area contributed by atoms with Crippen LogP contribution in [0.3, 0.4) is 0 Å². The quantitative estimate of drug-likeness (QED) is 0.415. The summed E-state index contributed by atoms with van der Waals surface area (Å²) in [6, 6.07) is 7.14. The van der Waals surface area contributed by atoms with Gasteiger partial charge in [-0.15, -0.1) is 0 Å². The van der Waals surface area contributed by atoms with E-state index in [0.29, 0.717) is 0 Å². The molecular weight excluding hydrogens is 354 g/mol. The maximum absolute atomic E-state index is 12.4. The fourth-order valence-corrected chi connectivity index (χ4v) is 2.99. The normalized spacial score (nSPS) is 10.8. The van der Waals surface area contributed by atoms with Gasteiger partial charge in [0.1, 0.15) is 4.90 Å². The van der Waals surface area contributed by atoms with Gasteiger partial charge in [0.2, 0.25) is 5.75 Å². The standard InChI is InChI=1S/C15H15NO8S/c1-21-13-8-11(9-14(22-2)15(13)23-3)24-25(19,20)12-6-4-5-10(7-12)16(17)18/h4-9H,1-3H3. The van der Waals surface area contributed by atoms with Crippen LogP contribution in [0.25, 0.3) is 0 Å². The van der Waals surface area contributed by atoms with E-state index in [9.17, 15) is 18.5 Å². The first-order valence-electron chi connectivity index (χ1n) is 6.81. The SMILES string of the molecule is COc1cc(OS(=O)(=O)c2cccc([N+](=O)[O-])c2)cc(OC)c1OC. The van der Waals surface area contributed by atoms with Gasteiger partial charge in [-0.25, -0.2) is 0 Å². The van der Waals surface area contributed by atoms with Crippen LogP contribution in [-0.4, -0.2) is 34.7 Å². The smallest absolute Gasteiger partial charge is 0.339 e. The Morgan fingerprint density at radius 2 is 1.56 bits per heavy atom. The predicted octanol–water partition coefficient (Wildman–Crippen LogP) is 2.39. The minimum absolute atomic E-state index is 0.0963. The Balaban J connectivity index is 2.44. The summed E-state index contributed by atoms with van der Waals surface area (Å²) in [6.45, 7) is 0. The van der Waals surface area contributed by atoms with Crippen LogP contribution in [-0.2, 0) is 10.1 Å². The summed E-state index contributed by atoms with van der Waals surface area (Å²) in [6.07, 6.45) is 0. The first-order valence-corrected chi connectivity index (χ1v) is 8.22. The van der Waals surface area contributed by atoms with Crippen LogP contribution in [0.4, 0.5) is 5.69 Å². The highest BCUT2D eigenvalue weighted by molar-refractivity contribution is 7.87. The molecule has 0 aliphatic rings. The Labute approximate surface area is 144 Å². The minimum Gasteiger partial charge on any atom is -0.493 e. The average Bonchev–Trinajstić information content (AvgIpc) is 2.60. The molecule has 2 aromatic carbocycles. The summed E-state index contributed by atoms with van der Waals surface area (Å²) in [7, 11) is -0.149. The maximum Gasteiger partial charge on any atom is 0.339 e. The maximum atomic E-state index is 12.4. The van der Waals surface area contributed by atoms with Gasteiger partial charge < -0.3 is 18.4 Å². The van der Waals surface area contributed by atoms with Crippen LogP contribution in [0.1, 0.15) is 0 Å². The molecule has 0 atom stereocenters. The zero-order valence-corrected chi connectivity index (χ0v) is 14.4. The molecule has 0 amide bonds. The van der Waals surface area contributed by atoms with Gasteiger partial charge in [0.15, 0.2) is 17.2 Å². The predicted molar refractivity (Wildman–Crippen MR) is 87.0 cm³/mol. The summed E-state index contributed by atoms with van der Waals surface area (Å²) in [5, 5.41) is 10.8. The summed E-state index contributed by atoms with van der Waals surface area (Å²) < 4.78 is 45.2. The largest absolute Gasteiger partial charge is 0.493 e. The van der Waals surface area contributed by atoms with Crippen molar-refractivity contribution in [3.05, 3.63) is 46.5 Å². The van der Waals surface area contributed by atoms with Gasteiger partial charge >= 0.3 is 10.1 Å². The second-order valence-corrected chi connectivity index (χ2v) is 6.20. The van der Waals surface area contributed by atoms with Gasteiger partial charge in [-0.1, -0.05) is 6.07 Å². The monoisotopic (exact) mass is 369 g/mol. The van der Waals surface area contributed by atoms with Gasteiger partial charge in [0, 0.05) is 24.3 Å². The van der Waals surface area contributed by atoms with Crippen molar-refractivity contribution in [3.8, 4) is 23.0 Å². The number of hydrogen-bond donors (Lipinski definition) is 0. The fraction of sp³-hybridized carbons (Fsp3) is 0.200. The zero-order valence-electron chi connectivity index (χ0n) is 13.6. The van der Waals surface area contributed by atoms with E-state index in [4.69, 9.17) is 18.4 Å². The second-order valence-electron chi connectivity index (χ2n) is 4.65. The summed E-state index contributed by atoms with van der Waals surface area (Å²) in [5.41, 5.74) is -0.366. The molecule has 0 aliphatic carbocycles. The molecule has 0 heterocycles. The molecule has 0 spiro atoms. The fourth-order valence-electron chi connectivity index (χ4n) is 2.03. The topological polar surface area (TPSA) is 114 Å². The van der Waals surface area contributed by atoms with Crippen molar-refractivity contribution in [2.45, 2.75) is 4.90 Å². The average molecular weight is 369 g/mol. The lowest BCUT2D eigenvalue weighted by Crippen LogP contribution is -2.10. The first kappa shape index (κ1) is 18.3. The van der Waals surface area contributed by atoms with E-state index in [2.05, 4.69) is 0 Å². The van der Waals surface area contributed by atoms with Crippen molar-refractivity contribution in [1.29, 1.82) is 0 Å². The molecule has 25 heavy (non-hydrogen) atoms. The van der Waals surface area contributed by atoms with Crippen molar-refractivity contribution < 1.29 is 31.7 Å². The van der Waals surface area contributed by atoms with Crippen LogP contribution < -0.4 is 18.4 Å². The van der Waals surface area contributed by atoms with E-state index in [1.165, 1.54) is 51.7 Å². The number of nitro benzene ring substituents is 1. The molecule has 0 aromatic heterocycles. The van der Waals surface area contributed by atoms with Crippen molar-refractivity contribution in [2.75, 3.05) is 21.3 Å². The Morgan fingerprint density at radius 1 is 0.960 bits per heavy atom.